The number of aromatic nitrogens is 5. The summed E-state index contributed by atoms with van der Waals surface area (Å²) in [6, 6.07) is 0.829. The minimum Gasteiger partial charge on any atom is -0.394 e. The highest BCUT2D eigenvalue weighted by Gasteiger charge is 2.48. The second-order valence-electron chi connectivity index (χ2n) is 7.38. The van der Waals surface area contributed by atoms with E-state index in [-0.39, 0.29) is 5.69 Å². The van der Waals surface area contributed by atoms with Crippen molar-refractivity contribution < 1.29 is 24.5 Å². The number of halogens is 2. The van der Waals surface area contributed by atoms with Crippen molar-refractivity contribution in [2.24, 2.45) is 0 Å². The Hall–Kier alpha value is -1.84. The van der Waals surface area contributed by atoms with Crippen molar-refractivity contribution in [3.63, 3.8) is 0 Å². The molecule has 4 rings (SSSR count). The van der Waals surface area contributed by atoms with Crippen LogP contribution in [-0.2, 0) is 9.47 Å². The number of aliphatic hydroxyl groups is 2. The summed E-state index contributed by atoms with van der Waals surface area (Å²) in [5.41, 5.74) is -0.125. The number of pyridine rings is 1. The van der Waals surface area contributed by atoms with Gasteiger partial charge in [-0.3, -0.25) is 4.79 Å². The number of carbonyl (C=O) groups excluding carboxylic acids is 1. The topological polar surface area (TPSA) is 145 Å². The molecule has 4 heterocycles. The summed E-state index contributed by atoms with van der Waals surface area (Å²) in [7, 11) is 1.50. The first kappa shape index (κ1) is 26.2. The monoisotopic (exact) mass is 560 g/mol. The molecule has 0 unspecified atom stereocenters. The van der Waals surface area contributed by atoms with Crippen LogP contribution in [0.15, 0.2) is 28.7 Å². The minimum absolute atomic E-state index is 0.160. The maximum absolute atomic E-state index is 12.4. The van der Waals surface area contributed by atoms with Gasteiger partial charge < -0.3 is 25.0 Å². The van der Waals surface area contributed by atoms with E-state index in [2.05, 4.69) is 25.6 Å². The normalized spacial score (nSPS) is 24.5. The van der Waals surface area contributed by atoms with Crippen molar-refractivity contribution in [1.29, 1.82) is 0 Å². The van der Waals surface area contributed by atoms with Crippen molar-refractivity contribution in [2.45, 2.75) is 41.6 Å². The molecule has 11 nitrogen and oxygen atoms in total. The van der Waals surface area contributed by atoms with Crippen molar-refractivity contribution in [3.8, 4) is 10.7 Å². The van der Waals surface area contributed by atoms with E-state index in [1.54, 1.807) is 17.6 Å². The highest BCUT2D eigenvalue weighted by atomic mass is 35.5. The predicted molar refractivity (Wildman–Crippen MR) is 131 cm³/mol. The fourth-order valence-electron chi connectivity index (χ4n) is 3.64. The van der Waals surface area contributed by atoms with E-state index in [9.17, 15) is 15.0 Å². The van der Waals surface area contributed by atoms with Gasteiger partial charge in [-0.05, 0) is 13.0 Å². The summed E-state index contributed by atoms with van der Waals surface area (Å²) in [6.45, 7) is 1.66. The van der Waals surface area contributed by atoms with Gasteiger partial charge in [0.15, 0.2) is 0 Å². The van der Waals surface area contributed by atoms with Gasteiger partial charge in [0, 0.05) is 30.1 Å². The van der Waals surface area contributed by atoms with E-state index in [1.807, 2.05) is 6.92 Å². The van der Waals surface area contributed by atoms with Gasteiger partial charge in [-0.25, -0.2) is 14.6 Å². The standard InChI is InChI=1S/C20H22Cl2N6O5S2/c1-3-32-17-15(28-6-10(26-27-28)19-25-13(22)8-34-19)16(30)11(7-29)33-20(17)35-12-4-9(21)5-24-14(12)18(31)23-2/h4-6,8,11,15-17,20,29-30H,3,7H2,1-2H3,(H,23,31)/t11-,15+,16+,17-,20-/m1/s1. The molecule has 1 saturated heterocycles. The van der Waals surface area contributed by atoms with Crippen molar-refractivity contribution in [2.75, 3.05) is 20.3 Å². The van der Waals surface area contributed by atoms with Gasteiger partial charge >= 0.3 is 0 Å². The Morgan fingerprint density at radius 1 is 1.43 bits per heavy atom. The molecule has 3 aromatic heterocycles. The Kier molecular flexibility index (Phi) is 8.60. The lowest BCUT2D eigenvalue weighted by atomic mass is 9.97. The van der Waals surface area contributed by atoms with Crippen LogP contribution in [-0.4, -0.2) is 85.1 Å². The Balaban J connectivity index is 1.71. The third-order valence-electron chi connectivity index (χ3n) is 5.20. The van der Waals surface area contributed by atoms with Crippen LogP contribution >= 0.6 is 46.3 Å². The maximum Gasteiger partial charge on any atom is 0.270 e. The van der Waals surface area contributed by atoms with Crippen molar-refractivity contribution >= 4 is 52.2 Å². The lowest BCUT2D eigenvalue weighted by Crippen LogP contribution is -2.56. The SMILES string of the molecule is CCO[C@@H]1[C@@H](n2cc(-c3nc(Cl)cs3)nn2)[C@@H](O)[C@@H](CO)O[C@@H]1Sc1cc(Cl)cnc1C(=O)NC. The van der Waals surface area contributed by atoms with Gasteiger partial charge in [0.25, 0.3) is 5.91 Å². The molecule has 0 aromatic carbocycles. The van der Waals surface area contributed by atoms with Gasteiger partial charge in [-0.2, -0.15) is 0 Å². The zero-order valence-corrected chi connectivity index (χ0v) is 21.7. The summed E-state index contributed by atoms with van der Waals surface area (Å²) in [4.78, 5) is 21.2. The highest BCUT2D eigenvalue weighted by Crippen LogP contribution is 2.41. The number of carbonyl (C=O) groups is 1. The first-order valence-corrected chi connectivity index (χ1v) is 13.0. The van der Waals surface area contributed by atoms with Gasteiger partial charge in [0.2, 0.25) is 0 Å². The number of hydrogen-bond acceptors (Lipinski definition) is 11. The first-order chi connectivity index (χ1) is 16.9. The second-order valence-corrected chi connectivity index (χ2v) is 10.2. The number of hydrogen-bond donors (Lipinski definition) is 3. The molecule has 15 heteroatoms. The van der Waals surface area contributed by atoms with E-state index in [1.165, 1.54) is 29.3 Å². The number of nitrogens with zero attached hydrogens (tertiary/aromatic N) is 5. The zero-order valence-electron chi connectivity index (χ0n) is 18.5. The van der Waals surface area contributed by atoms with Gasteiger partial charge in [-0.1, -0.05) is 40.2 Å². The van der Waals surface area contributed by atoms with Crippen LogP contribution in [0.3, 0.4) is 0 Å². The molecule has 0 radical (unpaired) electrons. The first-order valence-electron chi connectivity index (χ1n) is 10.5. The summed E-state index contributed by atoms with van der Waals surface area (Å²) in [5.74, 6) is -0.397. The number of thioether (sulfide) groups is 1. The largest absolute Gasteiger partial charge is 0.394 e. The molecule has 0 spiro atoms. The van der Waals surface area contributed by atoms with Crippen LogP contribution < -0.4 is 5.32 Å². The molecule has 1 amide bonds. The average Bonchev–Trinajstić information content (AvgIpc) is 3.50. The lowest BCUT2D eigenvalue weighted by Gasteiger charge is -2.43. The molecule has 188 valence electrons. The average molecular weight is 561 g/mol. The van der Waals surface area contributed by atoms with Crippen LogP contribution in [0.1, 0.15) is 23.5 Å². The zero-order chi connectivity index (χ0) is 25.1. The van der Waals surface area contributed by atoms with E-state index in [0.29, 0.717) is 32.4 Å². The molecular formula is C20H22Cl2N6O5S2. The van der Waals surface area contributed by atoms with Crippen molar-refractivity contribution in [1.82, 2.24) is 30.3 Å². The fraction of sp³-hybridized carbons (Fsp3) is 0.450. The van der Waals surface area contributed by atoms with E-state index in [0.717, 1.165) is 11.8 Å². The summed E-state index contributed by atoms with van der Waals surface area (Å²) < 4.78 is 13.5. The Morgan fingerprint density at radius 3 is 2.89 bits per heavy atom. The molecule has 0 aliphatic carbocycles. The van der Waals surface area contributed by atoms with E-state index < -0.39 is 42.3 Å². The summed E-state index contributed by atoms with van der Waals surface area (Å²) in [6.07, 6.45) is 0.148. The van der Waals surface area contributed by atoms with Crippen LogP contribution in [0, 0.1) is 0 Å². The molecule has 0 saturated carbocycles. The fourth-order valence-corrected chi connectivity index (χ4v) is 6.04. The number of rotatable bonds is 8. The smallest absolute Gasteiger partial charge is 0.270 e. The van der Waals surface area contributed by atoms with Gasteiger partial charge in [0.05, 0.1) is 17.8 Å². The van der Waals surface area contributed by atoms with Crippen LogP contribution in [0.25, 0.3) is 10.7 Å². The Labute approximate surface area is 218 Å². The van der Waals surface area contributed by atoms with Gasteiger partial charge in [-0.15, -0.1) is 16.4 Å². The molecule has 5 atom stereocenters. The maximum atomic E-state index is 12.4. The summed E-state index contributed by atoms with van der Waals surface area (Å²) >= 11 is 14.6. The molecule has 3 N–H and O–H groups in total. The molecule has 1 aliphatic heterocycles. The van der Waals surface area contributed by atoms with E-state index in [4.69, 9.17) is 32.7 Å². The molecule has 0 bridgehead atoms. The Morgan fingerprint density at radius 2 is 2.23 bits per heavy atom. The van der Waals surface area contributed by atoms with Crippen molar-refractivity contribution in [3.05, 3.63) is 39.7 Å². The second kappa shape index (κ2) is 11.5. The number of ether oxygens (including phenoxy) is 2. The van der Waals surface area contributed by atoms with Crippen LogP contribution in [0.2, 0.25) is 10.2 Å². The molecular weight excluding hydrogens is 539 g/mol. The number of thiazole rings is 1. The minimum atomic E-state index is -1.17. The van der Waals surface area contributed by atoms with Crippen LogP contribution in [0.5, 0.6) is 0 Å². The molecule has 3 aromatic rings. The van der Waals surface area contributed by atoms with Crippen LogP contribution in [0.4, 0.5) is 0 Å². The third-order valence-corrected chi connectivity index (χ3v) is 7.77. The van der Waals surface area contributed by atoms with Gasteiger partial charge in [0.1, 0.15) is 51.3 Å². The number of aliphatic hydroxyl groups excluding tert-OH is 2. The number of amides is 1. The predicted octanol–water partition coefficient (Wildman–Crippen LogP) is 2.28. The lowest BCUT2D eigenvalue weighted by molar-refractivity contribution is -0.191. The van der Waals surface area contributed by atoms with E-state index >= 15 is 0 Å². The third kappa shape index (κ3) is 5.62. The quantitative estimate of drug-likeness (QED) is 0.375. The molecule has 35 heavy (non-hydrogen) atoms. The molecule has 1 fully saturated rings. The Bertz CT molecular complexity index is 1180. The summed E-state index contributed by atoms with van der Waals surface area (Å²) in [5, 5.41) is 34.9. The number of nitrogens with one attached hydrogen (secondary N) is 1. The highest BCUT2D eigenvalue weighted by molar-refractivity contribution is 8.00. The molecule has 1 aliphatic rings.